The van der Waals surface area contributed by atoms with Crippen LogP contribution in [0.4, 0.5) is 5.82 Å². The fourth-order valence-corrected chi connectivity index (χ4v) is 5.91. The molecule has 1 N–H and O–H groups in total. The van der Waals surface area contributed by atoms with Gasteiger partial charge in [-0.1, -0.05) is 30.3 Å². The van der Waals surface area contributed by atoms with Crippen molar-refractivity contribution in [2.45, 2.75) is 24.3 Å². The van der Waals surface area contributed by atoms with Crippen LogP contribution in [0.2, 0.25) is 0 Å². The lowest BCUT2D eigenvalue weighted by Crippen LogP contribution is -2.41. The van der Waals surface area contributed by atoms with E-state index in [4.69, 9.17) is 9.47 Å². The molecule has 0 atom stereocenters. The molecule has 184 valence electrons. The van der Waals surface area contributed by atoms with Crippen LogP contribution >= 0.6 is 0 Å². The minimum absolute atomic E-state index is 0.00110. The molecular weight excluding hydrogens is 456 g/mol. The molecular formula is C24H32N4O5S. The average Bonchev–Trinajstić information content (AvgIpc) is 2.89. The van der Waals surface area contributed by atoms with Gasteiger partial charge in [0.15, 0.2) is 0 Å². The Morgan fingerprint density at radius 3 is 2.53 bits per heavy atom. The van der Waals surface area contributed by atoms with Crippen molar-refractivity contribution in [3.63, 3.8) is 0 Å². The maximum atomic E-state index is 13.4. The van der Waals surface area contributed by atoms with E-state index >= 15 is 0 Å². The highest BCUT2D eigenvalue weighted by atomic mass is 32.2. The van der Waals surface area contributed by atoms with Crippen LogP contribution < -0.4 is 5.32 Å². The summed E-state index contributed by atoms with van der Waals surface area (Å²) in [7, 11) is -2.58. The molecule has 10 heteroatoms. The molecule has 3 heterocycles. The molecule has 0 unspecified atom stereocenters. The number of pyridine rings is 1. The molecule has 0 bridgehead atoms. The van der Waals surface area contributed by atoms with E-state index < -0.39 is 16.0 Å². The van der Waals surface area contributed by atoms with Crippen LogP contribution in [0.5, 0.6) is 0 Å². The molecule has 2 aromatic rings. The third-order valence-electron chi connectivity index (χ3n) is 6.38. The number of esters is 1. The average molecular weight is 489 g/mol. The zero-order valence-electron chi connectivity index (χ0n) is 19.5. The summed E-state index contributed by atoms with van der Waals surface area (Å²) in [6.07, 6.45) is 3.40. The summed E-state index contributed by atoms with van der Waals surface area (Å²) in [5, 5.41) is 3.26. The Balaban J connectivity index is 1.42. The van der Waals surface area contributed by atoms with Gasteiger partial charge in [-0.2, -0.15) is 4.31 Å². The zero-order valence-corrected chi connectivity index (χ0v) is 20.3. The Labute approximate surface area is 201 Å². The molecule has 2 saturated heterocycles. The topological polar surface area (TPSA) is 101 Å². The van der Waals surface area contributed by atoms with Crippen molar-refractivity contribution >= 4 is 21.8 Å². The maximum Gasteiger partial charge on any atom is 0.339 e. The molecule has 9 nitrogen and oxygen atoms in total. The lowest BCUT2D eigenvalue weighted by molar-refractivity contribution is 0.0600. The third kappa shape index (κ3) is 5.93. The first-order chi connectivity index (χ1) is 16.5. The highest BCUT2D eigenvalue weighted by molar-refractivity contribution is 7.89. The standard InChI is InChI=1S/C24H32N4O5S/c1-32-24(29)21-15-22(34(30,31)28-11-13-33-14-12-28)23(26-17-21)25-16-19-7-9-27(10-8-19)18-20-5-3-2-4-6-20/h2-6,15,17,19H,7-14,16,18H2,1H3,(H,25,26). The fraction of sp³-hybridized carbons (Fsp3) is 0.500. The number of aromatic nitrogens is 1. The number of nitrogens with zero attached hydrogens (tertiary/aromatic N) is 3. The Morgan fingerprint density at radius 2 is 1.85 bits per heavy atom. The van der Waals surface area contributed by atoms with Gasteiger partial charge in [-0.15, -0.1) is 0 Å². The van der Waals surface area contributed by atoms with E-state index in [-0.39, 0.29) is 29.4 Å². The molecule has 0 saturated carbocycles. The lowest BCUT2D eigenvalue weighted by Gasteiger charge is -2.32. The molecule has 1 aromatic carbocycles. The van der Waals surface area contributed by atoms with Crippen molar-refractivity contribution in [2.75, 3.05) is 58.4 Å². The summed E-state index contributed by atoms with van der Waals surface area (Å²) in [5.41, 5.74) is 1.42. The second-order valence-electron chi connectivity index (χ2n) is 8.66. The van der Waals surface area contributed by atoms with E-state index in [1.165, 1.54) is 29.2 Å². The number of ether oxygens (including phenoxy) is 2. The number of rotatable bonds is 8. The number of carbonyl (C=O) groups excluding carboxylic acids is 1. The second-order valence-corrected chi connectivity index (χ2v) is 10.6. The number of likely N-dealkylation sites (tertiary alicyclic amines) is 1. The van der Waals surface area contributed by atoms with Crippen LogP contribution in [0.3, 0.4) is 0 Å². The maximum absolute atomic E-state index is 13.4. The molecule has 0 radical (unpaired) electrons. The molecule has 0 amide bonds. The number of hydrogen-bond donors (Lipinski definition) is 1. The van der Waals surface area contributed by atoms with Crippen molar-refractivity contribution < 1.29 is 22.7 Å². The van der Waals surface area contributed by atoms with Crippen LogP contribution in [-0.4, -0.2) is 81.6 Å². The van der Waals surface area contributed by atoms with E-state index in [1.54, 1.807) is 0 Å². The van der Waals surface area contributed by atoms with Crippen LogP contribution in [0.25, 0.3) is 0 Å². The number of benzene rings is 1. The van der Waals surface area contributed by atoms with Crippen LogP contribution in [0.1, 0.15) is 28.8 Å². The van der Waals surface area contributed by atoms with Gasteiger partial charge in [0.1, 0.15) is 10.7 Å². The summed E-state index contributed by atoms with van der Waals surface area (Å²) in [5.74, 6) is 0.0576. The third-order valence-corrected chi connectivity index (χ3v) is 8.29. The number of nitrogens with one attached hydrogen (secondary N) is 1. The van der Waals surface area contributed by atoms with Gasteiger partial charge in [0.25, 0.3) is 0 Å². The van der Waals surface area contributed by atoms with Gasteiger partial charge in [-0.05, 0) is 43.5 Å². The molecule has 0 spiro atoms. The number of morpholine rings is 1. The van der Waals surface area contributed by atoms with Crippen molar-refractivity contribution in [1.82, 2.24) is 14.2 Å². The van der Waals surface area contributed by atoms with Gasteiger partial charge in [0.2, 0.25) is 10.0 Å². The van der Waals surface area contributed by atoms with Crippen LogP contribution in [-0.2, 0) is 26.0 Å². The first kappa shape index (κ1) is 24.6. The Bertz CT molecular complexity index is 1070. The molecule has 2 fully saturated rings. The van der Waals surface area contributed by atoms with Crippen LogP contribution in [0, 0.1) is 5.92 Å². The minimum Gasteiger partial charge on any atom is -0.465 e. The minimum atomic E-state index is -3.84. The van der Waals surface area contributed by atoms with Gasteiger partial charge in [-0.3, -0.25) is 4.90 Å². The molecule has 0 aliphatic carbocycles. The van der Waals surface area contributed by atoms with Gasteiger partial charge < -0.3 is 14.8 Å². The number of piperidine rings is 1. The quantitative estimate of drug-likeness (QED) is 0.565. The van der Waals surface area contributed by atoms with Crippen LogP contribution in [0.15, 0.2) is 47.5 Å². The molecule has 1 aromatic heterocycles. The number of methoxy groups -OCH3 is 1. The summed E-state index contributed by atoms with van der Waals surface area (Å²) in [4.78, 5) is 18.8. The highest BCUT2D eigenvalue weighted by Gasteiger charge is 2.31. The first-order valence-corrected chi connectivity index (χ1v) is 13.1. The van der Waals surface area contributed by atoms with Crippen molar-refractivity contribution in [1.29, 1.82) is 0 Å². The highest BCUT2D eigenvalue weighted by Crippen LogP contribution is 2.27. The molecule has 2 aliphatic heterocycles. The smallest absolute Gasteiger partial charge is 0.339 e. The van der Waals surface area contributed by atoms with E-state index in [2.05, 4.69) is 39.5 Å². The number of sulfonamides is 1. The zero-order chi connectivity index (χ0) is 24.0. The Hall–Kier alpha value is -2.53. The predicted octanol–water partition coefficient (Wildman–Crippen LogP) is 2.21. The summed E-state index contributed by atoms with van der Waals surface area (Å²) in [6, 6.07) is 11.8. The van der Waals surface area contributed by atoms with E-state index in [9.17, 15) is 13.2 Å². The lowest BCUT2D eigenvalue weighted by atomic mass is 9.96. The van der Waals surface area contributed by atoms with Crippen molar-refractivity contribution in [3.8, 4) is 0 Å². The molecule has 34 heavy (non-hydrogen) atoms. The molecule has 2 aliphatic rings. The Kier molecular flexibility index (Phi) is 8.15. The Morgan fingerprint density at radius 1 is 1.15 bits per heavy atom. The summed E-state index contributed by atoms with van der Waals surface area (Å²) in [6.45, 7) is 4.77. The molecule has 4 rings (SSSR count). The van der Waals surface area contributed by atoms with Gasteiger partial charge in [0.05, 0.1) is 25.9 Å². The predicted molar refractivity (Wildman–Crippen MR) is 128 cm³/mol. The largest absolute Gasteiger partial charge is 0.465 e. The second kappa shape index (κ2) is 11.3. The van der Waals surface area contributed by atoms with E-state index in [0.717, 1.165) is 32.5 Å². The normalized spacial score (nSPS) is 18.5. The first-order valence-electron chi connectivity index (χ1n) is 11.6. The number of hydrogen-bond acceptors (Lipinski definition) is 8. The van der Waals surface area contributed by atoms with E-state index in [1.807, 2.05) is 6.07 Å². The fourth-order valence-electron chi connectivity index (χ4n) is 4.36. The number of anilines is 1. The monoisotopic (exact) mass is 488 g/mol. The van der Waals surface area contributed by atoms with Crippen molar-refractivity contribution in [3.05, 3.63) is 53.7 Å². The van der Waals surface area contributed by atoms with Gasteiger partial charge >= 0.3 is 5.97 Å². The summed E-state index contributed by atoms with van der Waals surface area (Å²) >= 11 is 0. The summed E-state index contributed by atoms with van der Waals surface area (Å²) < 4.78 is 38.2. The van der Waals surface area contributed by atoms with Gasteiger partial charge in [0, 0.05) is 32.4 Å². The van der Waals surface area contributed by atoms with Gasteiger partial charge in [-0.25, -0.2) is 18.2 Å². The number of carbonyl (C=O) groups is 1. The SMILES string of the molecule is COC(=O)c1cnc(NCC2CCN(Cc3ccccc3)CC2)c(S(=O)(=O)N2CCOCC2)c1. The van der Waals surface area contributed by atoms with E-state index in [0.29, 0.717) is 25.7 Å². The van der Waals surface area contributed by atoms with Crippen molar-refractivity contribution in [2.24, 2.45) is 5.92 Å².